The van der Waals surface area contributed by atoms with Crippen LogP contribution in [0, 0.1) is 0 Å². The summed E-state index contributed by atoms with van der Waals surface area (Å²) in [6.07, 6.45) is 22.3. The quantitative estimate of drug-likeness (QED) is 0.117. The molecule has 5 heteroatoms. The van der Waals surface area contributed by atoms with Crippen LogP contribution in [0.1, 0.15) is 123 Å². The van der Waals surface area contributed by atoms with Gasteiger partial charge in [-0.15, -0.1) is 11.8 Å². The van der Waals surface area contributed by atoms with Crippen LogP contribution in [0.5, 0.6) is 0 Å². The van der Waals surface area contributed by atoms with Gasteiger partial charge in [0.2, 0.25) is 0 Å². The van der Waals surface area contributed by atoms with Crippen LogP contribution in [0.15, 0.2) is 11.6 Å². The molecule has 0 amide bonds. The third kappa shape index (κ3) is 13.5. The molecular formula is C27H48O4S. The zero-order chi connectivity index (χ0) is 23.4. The highest BCUT2D eigenvalue weighted by molar-refractivity contribution is 8.00. The number of rotatable bonds is 18. The van der Waals surface area contributed by atoms with E-state index >= 15 is 0 Å². The molecule has 0 aromatic heterocycles. The van der Waals surface area contributed by atoms with Gasteiger partial charge in [-0.1, -0.05) is 89.7 Å². The van der Waals surface area contributed by atoms with E-state index in [0.717, 1.165) is 25.7 Å². The number of thioether (sulfide) groups is 1. The molecular weight excluding hydrogens is 420 g/mol. The fraction of sp³-hybridized carbons (Fsp3) is 0.852. The Morgan fingerprint density at radius 1 is 0.938 bits per heavy atom. The van der Waals surface area contributed by atoms with Gasteiger partial charge in [0.05, 0.1) is 18.8 Å². The van der Waals surface area contributed by atoms with Crippen molar-refractivity contribution in [1.82, 2.24) is 0 Å². The average Bonchev–Trinajstić information content (AvgIpc) is 2.80. The first-order chi connectivity index (χ1) is 15.6. The summed E-state index contributed by atoms with van der Waals surface area (Å²) in [7, 11) is 1.43. The molecule has 186 valence electrons. The fourth-order valence-electron chi connectivity index (χ4n) is 4.31. The number of carbonyl (C=O) groups is 2. The van der Waals surface area contributed by atoms with E-state index < -0.39 is 0 Å². The molecule has 1 saturated carbocycles. The standard InChI is InChI=1S/C27H48O4S/c1-4-6-7-8-9-10-11-12-13-14-15-16-18-23-19-17-20-24(31-25(28)5-2)27(23)32-22-21-26(29)30-3/h18,24,27H,4-17,19-22H2,1-3H3. The highest BCUT2D eigenvalue weighted by Crippen LogP contribution is 2.36. The molecule has 2 unspecified atom stereocenters. The molecule has 1 rings (SSSR count). The molecule has 2 atom stereocenters. The number of carbonyl (C=O) groups excluding carboxylic acids is 2. The number of methoxy groups -OCH3 is 1. The minimum Gasteiger partial charge on any atom is -0.469 e. The summed E-state index contributed by atoms with van der Waals surface area (Å²) in [5.41, 5.74) is 1.41. The molecule has 1 aliphatic carbocycles. The van der Waals surface area contributed by atoms with Gasteiger partial charge in [0.15, 0.2) is 0 Å². The Kier molecular flexibility index (Phi) is 17.7. The van der Waals surface area contributed by atoms with Gasteiger partial charge < -0.3 is 9.47 Å². The second-order valence-corrected chi connectivity index (χ2v) is 10.2. The zero-order valence-corrected chi connectivity index (χ0v) is 21.8. The van der Waals surface area contributed by atoms with Gasteiger partial charge in [-0.25, -0.2) is 0 Å². The van der Waals surface area contributed by atoms with Crippen LogP contribution in [0.3, 0.4) is 0 Å². The maximum atomic E-state index is 11.9. The number of hydrogen-bond acceptors (Lipinski definition) is 5. The van der Waals surface area contributed by atoms with Crippen molar-refractivity contribution in [3.8, 4) is 0 Å². The van der Waals surface area contributed by atoms with Crippen LogP contribution in [-0.4, -0.2) is 36.2 Å². The van der Waals surface area contributed by atoms with E-state index in [4.69, 9.17) is 9.47 Å². The minimum absolute atomic E-state index is 0.0672. The topological polar surface area (TPSA) is 52.6 Å². The van der Waals surface area contributed by atoms with E-state index in [2.05, 4.69) is 13.0 Å². The summed E-state index contributed by atoms with van der Waals surface area (Å²) in [4.78, 5) is 23.4. The normalized spacial score (nSPS) is 19.8. The predicted octanol–water partition coefficient (Wildman–Crippen LogP) is 7.78. The van der Waals surface area contributed by atoms with Crippen LogP contribution in [0.4, 0.5) is 0 Å². The molecule has 0 spiro atoms. The van der Waals surface area contributed by atoms with Crippen molar-refractivity contribution < 1.29 is 19.1 Å². The monoisotopic (exact) mass is 468 g/mol. The van der Waals surface area contributed by atoms with Crippen molar-refractivity contribution >= 4 is 23.7 Å². The highest BCUT2D eigenvalue weighted by Gasteiger charge is 2.31. The zero-order valence-electron chi connectivity index (χ0n) is 21.0. The van der Waals surface area contributed by atoms with Gasteiger partial charge in [0, 0.05) is 12.2 Å². The Morgan fingerprint density at radius 2 is 1.56 bits per heavy atom. The molecule has 0 saturated heterocycles. The largest absolute Gasteiger partial charge is 0.469 e. The summed E-state index contributed by atoms with van der Waals surface area (Å²) >= 11 is 1.75. The van der Waals surface area contributed by atoms with E-state index in [1.807, 2.05) is 6.92 Å². The lowest BCUT2D eigenvalue weighted by Crippen LogP contribution is -2.34. The van der Waals surface area contributed by atoms with Crippen LogP contribution in [-0.2, 0) is 19.1 Å². The molecule has 0 heterocycles. The molecule has 0 aliphatic heterocycles. The Morgan fingerprint density at radius 3 is 2.16 bits per heavy atom. The average molecular weight is 469 g/mol. The molecule has 0 N–H and O–H groups in total. The second-order valence-electron chi connectivity index (χ2n) is 8.99. The van der Waals surface area contributed by atoms with Gasteiger partial charge in [-0.05, 0) is 32.1 Å². The first-order valence-electron chi connectivity index (χ1n) is 13.2. The van der Waals surface area contributed by atoms with Gasteiger partial charge in [-0.3, -0.25) is 9.59 Å². The number of ether oxygens (including phenoxy) is 2. The van der Waals surface area contributed by atoms with Crippen molar-refractivity contribution in [3.63, 3.8) is 0 Å². The van der Waals surface area contributed by atoms with Crippen LogP contribution in [0.25, 0.3) is 0 Å². The lowest BCUT2D eigenvalue weighted by Gasteiger charge is -2.33. The highest BCUT2D eigenvalue weighted by atomic mass is 32.2. The number of allylic oxidation sites excluding steroid dienone is 1. The van der Waals surface area contributed by atoms with Crippen molar-refractivity contribution in [2.75, 3.05) is 12.9 Å². The van der Waals surface area contributed by atoms with Crippen molar-refractivity contribution in [2.45, 2.75) is 134 Å². The van der Waals surface area contributed by atoms with E-state index in [1.54, 1.807) is 11.8 Å². The maximum Gasteiger partial charge on any atom is 0.306 e. The first kappa shape index (κ1) is 29.1. The van der Waals surface area contributed by atoms with Gasteiger partial charge in [-0.2, -0.15) is 0 Å². The third-order valence-corrected chi connectivity index (χ3v) is 7.68. The molecule has 0 bridgehead atoms. The molecule has 0 aromatic carbocycles. The summed E-state index contributed by atoms with van der Waals surface area (Å²) in [6.45, 7) is 4.11. The molecule has 1 fully saturated rings. The van der Waals surface area contributed by atoms with Gasteiger partial charge in [0.1, 0.15) is 6.10 Å². The molecule has 0 radical (unpaired) electrons. The summed E-state index contributed by atoms with van der Waals surface area (Å²) in [5, 5.41) is 0.177. The van der Waals surface area contributed by atoms with E-state index in [0.29, 0.717) is 18.6 Å². The second kappa shape index (κ2) is 19.5. The van der Waals surface area contributed by atoms with Gasteiger partial charge in [0.25, 0.3) is 0 Å². The van der Waals surface area contributed by atoms with E-state index in [9.17, 15) is 9.59 Å². The van der Waals surface area contributed by atoms with E-state index in [1.165, 1.54) is 83.3 Å². The van der Waals surface area contributed by atoms with Crippen molar-refractivity contribution in [1.29, 1.82) is 0 Å². The number of unbranched alkanes of at least 4 members (excludes halogenated alkanes) is 11. The Balaban J connectivity index is 2.36. The van der Waals surface area contributed by atoms with Crippen LogP contribution in [0.2, 0.25) is 0 Å². The van der Waals surface area contributed by atoms with Gasteiger partial charge >= 0.3 is 11.9 Å². The van der Waals surface area contributed by atoms with Crippen LogP contribution >= 0.6 is 11.8 Å². The Labute approximate surface area is 201 Å². The van der Waals surface area contributed by atoms with Crippen molar-refractivity contribution in [3.05, 3.63) is 11.6 Å². The molecule has 1 aliphatic rings. The SMILES string of the molecule is CCCCCCCCCCCCCC=C1CCCC(OC(=O)CC)C1SCCC(=O)OC. The first-order valence-corrected chi connectivity index (χ1v) is 14.2. The number of hydrogen-bond donors (Lipinski definition) is 0. The Bertz CT molecular complexity index is 532. The molecule has 4 nitrogen and oxygen atoms in total. The lowest BCUT2D eigenvalue weighted by atomic mass is 9.90. The fourth-order valence-corrected chi connectivity index (χ4v) is 5.69. The summed E-state index contributed by atoms with van der Waals surface area (Å²) in [6, 6.07) is 0. The summed E-state index contributed by atoms with van der Waals surface area (Å²) in [5.74, 6) is 0.398. The predicted molar refractivity (Wildman–Crippen MR) is 136 cm³/mol. The maximum absolute atomic E-state index is 11.9. The molecule has 32 heavy (non-hydrogen) atoms. The smallest absolute Gasteiger partial charge is 0.306 e. The van der Waals surface area contributed by atoms with Crippen LogP contribution < -0.4 is 0 Å². The summed E-state index contributed by atoms with van der Waals surface area (Å²) < 4.78 is 10.5. The number of esters is 2. The molecule has 0 aromatic rings. The lowest BCUT2D eigenvalue weighted by molar-refractivity contribution is -0.149. The minimum atomic E-state index is -0.179. The Hall–Kier alpha value is -0.970. The third-order valence-electron chi connectivity index (χ3n) is 6.27. The van der Waals surface area contributed by atoms with Crippen molar-refractivity contribution in [2.24, 2.45) is 0 Å². The van der Waals surface area contributed by atoms with E-state index in [-0.39, 0.29) is 23.3 Å².